The quantitative estimate of drug-likeness (QED) is 0.866. The van der Waals surface area contributed by atoms with Crippen LogP contribution in [0.25, 0.3) is 0 Å². The van der Waals surface area contributed by atoms with Gasteiger partial charge >= 0.3 is 0 Å². The van der Waals surface area contributed by atoms with Gasteiger partial charge in [0.25, 0.3) is 0 Å². The SMILES string of the molecule is O=C(NCCc1cccc(F)c1)C1CC2CCC1N2. The monoisotopic (exact) mass is 262 g/mol. The molecule has 0 saturated carbocycles. The molecule has 2 heterocycles. The van der Waals surface area contributed by atoms with Crippen LogP contribution in [0.1, 0.15) is 24.8 Å². The van der Waals surface area contributed by atoms with Crippen LogP contribution in [0, 0.1) is 11.7 Å². The minimum atomic E-state index is -0.221. The molecule has 3 rings (SSSR count). The van der Waals surface area contributed by atoms with Gasteiger partial charge in [0.1, 0.15) is 5.82 Å². The zero-order valence-corrected chi connectivity index (χ0v) is 10.9. The summed E-state index contributed by atoms with van der Waals surface area (Å²) in [6, 6.07) is 7.46. The molecule has 3 atom stereocenters. The van der Waals surface area contributed by atoms with Gasteiger partial charge in [-0.2, -0.15) is 0 Å². The second kappa shape index (κ2) is 5.29. The molecule has 1 amide bonds. The van der Waals surface area contributed by atoms with E-state index in [9.17, 15) is 9.18 Å². The molecule has 0 aliphatic carbocycles. The molecular formula is C15H19FN2O. The lowest BCUT2D eigenvalue weighted by atomic mass is 9.88. The molecule has 1 aromatic rings. The van der Waals surface area contributed by atoms with Crippen LogP contribution in [0.2, 0.25) is 0 Å². The lowest BCUT2D eigenvalue weighted by molar-refractivity contribution is -0.125. The second-order valence-electron chi connectivity index (χ2n) is 5.56. The van der Waals surface area contributed by atoms with Gasteiger partial charge in [-0.15, -0.1) is 0 Å². The first-order valence-corrected chi connectivity index (χ1v) is 7.00. The molecule has 0 radical (unpaired) electrons. The van der Waals surface area contributed by atoms with Gasteiger partial charge in [0.2, 0.25) is 5.91 Å². The van der Waals surface area contributed by atoms with Gasteiger partial charge in [-0.25, -0.2) is 4.39 Å². The summed E-state index contributed by atoms with van der Waals surface area (Å²) < 4.78 is 13.0. The molecule has 3 unspecified atom stereocenters. The van der Waals surface area contributed by atoms with E-state index in [2.05, 4.69) is 10.6 Å². The first-order valence-electron chi connectivity index (χ1n) is 7.00. The third kappa shape index (κ3) is 2.78. The minimum Gasteiger partial charge on any atom is -0.355 e. The van der Waals surface area contributed by atoms with Gasteiger partial charge in [-0.05, 0) is 43.4 Å². The fourth-order valence-electron chi connectivity index (χ4n) is 3.27. The molecule has 2 N–H and O–H groups in total. The van der Waals surface area contributed by atoms with Crippen molar-refractivity contribution >= 4 is 5.91 Å². The maximum Gasteiger partial charge on any atom is 0.224 e. The number of carbonyl (C=O) groups is 1. The van der Waals surface area contributed by atoms with E-state index in [4.69, 9.17) is 0 Å². The first kappa shape index (κ1) is 12.6. The third-order valence-corrected chi connectivity index (χ3v) is 4.24. The summed E-state index contributed by atoms with van der Waals surface area (Å²) in [4.78, 5) is 12.1. The van der Waals surface area contributed by atoms with Gasteiger partial charge in [-0.1, -0.05) is 12.1 Å². The molecule has 2 bridgehead atoms. The van der Waals surface area contributed by atoms with Gasteiger partial charge in [0.05, 0.1) is 5.92 Å². The summed E-state index contributed by atoms with van der Waals surface area (Å²) in [5, 5.41) is 6.44. The molecule has 19 heavy (non-hydrogen) atoms. The highest BCUT2D eigenvalue weighted by Gasteiger charge is 2.42. The summed E-state index contributed by atoms with van der Waals surface area (Å²) in [7, 11) is 0. The predicted molar refractivity (Wildman–Crippen MR) is 71.2 cm³/mol. The Morgan fingerprint density at radius 2 is 2.32 bits per heavy atom. The fraction of sp³-hybridized carbons (Fsp3) is 0.533. The van der Waals surface area contributed by atoms with Crippen LogP contribution in [0.5, 0.6) is 0 Å². The number of rotatable bonds is 4. The Kier molecular flexibility index (Phi) is 3.51. The minimum absolute atomic E-state index is 0.131. The summed E-state index contributed by atoms with van der Waals surface area (Å²) in [5.74, 6) is 0.0588. The van der Waals surface area contributed by atoms with E-state index in [0.29, 0.717) is 25.0 Å². The standard InChI is InChI=1S/C15H19FN2O/c16-11-3-1-2-10(8-11)6-7-17-15(19)13-9-12-4-5-14(13)18-12/h1-3,8,12-14,18H,4-7,9H2,(H,17,19). The highest BCUT2D eigenvalue weighted by atomic mass is 19.1. The lowest BCUT2D eigenvalue weighted by Gasteiger charge is -2.19. The molecule has 0 aromatic heterocycles. The number of benzene rings is 1. The first-order chi connectivity index (χ1) is 9.22. The Morgan fingerprint density at radius 1 is 1.42 bits per heavy atom. The maximum absolute atomic E-state index is 13.0. The van der Waals surface area contributed by atoms with Crippen molar-refractivity contribution < 1.29 is 9.18 Å². The van der Waals surface area contributed by atoms with Crippen molar-refractivity contribution in [1.29, 1.82) is 0 Å². The van der Waals surface area contributed by atoms with Crippen LogP contribution in [-0.2, 0) is 11.2 Å². The number of carbonyl (C=O) groups excluding carboxylic acids is 1. The average molecular weight is 262 g/mol. The molecule has 3 nitrogen and oxygen atoms in total. The summed E-state index contributed by atoms with van der Waals surface area (Å²) >= 11 is 0. The van der Waals surface area contributed by atoms with E-state index in [1.165, 1.54) is 18.6 Å². The number of amides is 1. The summed E-state index contributed by atoms with van der Waals surface area (Å²) in [5.41, 5.74) is 0.923. The van der Waals surface area contributed by atoms with Gasteiger partial charge in [0.15, 0.2) is 0 Å². The third-order valence-electron chi connectivity index (χ3n) is 4.24. The van der Waals surface area contributed by atoms with Gasteiger partial charge < -0.3 is 10.6 Å². The Labute approximate surface area is 112 Å². The largest absolute Gasteiger partial charge is 0.355 e. The van der Waals surface area contributed by atoms with Gasteiger partial charge in [-0.3, -0.25) is 4.79 Å². The van der Waals surface area contributed by atoms with Crippen molar-refractivity contribution in [3.8, 4) is 0 Å². The highest BCUT2D eigenvalue weighted by Crippen LogP contribution is 2.33. The Morgan fingerprint density at radius 3 is 3.00 bits per heavy atom. The van der Waals surface area contributed by atoms with Crippen molar-refractivity contribution in [2.24, 2.45) is 5.92 Å². The molecule has 102 valence electrons. The van der Waals surface area contributed by atoms with E-state index in [1.807, 2.05) is 6.07 Å². The van der Waals surface area contributed by atoms with Gasteiger partial charge in [0, 0.05) is 18.6 Å². The Bertz CT molecular complexity index is 477. The van der Waals surface area contributed by atoms with Crippen LogP contribution >= 0.6 is 0 Å². The zero-order valence-electron chi connectivity index (χ0n) is 10.9. The van der Waals surface area contributed by atoms with Crippen molar-refractivity contribution in [3.05, 3.63) is 35.6 Å². The molecule has 4 heteroatoms. The Balaban J connectivity index is 1.46. The molecule has 2 aliphatic heterocycles. The van der Waals surface area contributed by atoms with E-state index in [-0.39, 0.29) is 17.6 Å². The molecule has 1 aromatic carbocycles. The number of hydrogen-bond donors (Lipinski definition) is 2. The predicted octanol–water partition coefficient (Wildman–Crippen LogP) is 1.62. The molecule has 2 saturated heterocycles. The highest BCUT2D eigenvalue weighted by molar-refractivity contribution is 5.80. The van der Waals surface area contributed by atoms with Crippen molar-refractivity contribution in [1.82, 2.24) is 10.6 Å². The lowest BCUT2D eigenvalue weighted by Crippen LogP contribution is -2.38. The van der Waals surface area contributed by atoms with Crippen LogP contribution in [0.4, 0.5) is 4.39 Å². The van der Waals surface area contributed by atoms with E-state index < -0.39 is 0 Å². The molecule has 0 spiro atoms. The summed E-state index contributed by atoms with van der Waals surface area (Å²) in [6.07, 6.45) is 3.97. The van der Waals surface area contributed by atoms with E-state index in [0.717, 1.165) is 18.4 Å². The smallest absolute Gasteiger partial charge is 0.224 e. The average Bonchev–Trinajstić information content (AvgIpc) is 3.01. The maximum atomic E-state index is 13.0. The Hall–Kier alpha value is -1.42. The zero-order chi connectivity index (χ0) is 13.2. The number of fused-ring (bicyclic) bond motifs is 2. The number of halogens is 1. The topological polar surface area (TPSA) is 41.1 Å². The summed E-state index contributed by atoms with van der Waals surface area (Å²) in [6.45, 7) is 0.580. The number of hydrogen-bond acceptors (Lipinski definition) is 2. The van der Waals surface area contributed by atoms with Crippen molar-refractivity contribution in [2.75, 3.05) is 6.54 Å². The van der Waals surface area contributed by atoms with E-state index >= 15 is 0 Å². The molecule has 2 aliphatic rings. The molecular weight excluding hydrogens is 243 g/mol. The normalized spacial score (nSPS) is 28.6. The molecule has 2 fully saturated rings. The van der Waals surface area contributed by atoms with E-state index in [1.54, 1.807) is 6.07 Å². The fourth-order valence-corrected chi connectivity index (χ4v) is 3.27. The van der Waals surface area contributed by atoms with Crippen molar-refractivity contribution in [2.45, 2.75) is 37.8 Å². The van der Waals surface area contributed by atoms with Crippen LogP contribution in [0.3, 0.4) is 0 Å². The second-order valence-corrected chi connectivity index (χ2v) is 5.56. The van der Waals surface area contributed by atoms with Crippen LogP contribution in [0.15, 0.2) is 24.3 Å². The number of nitrogens with one attached hydrogen (secondary N) is 2. The van der Waals surface area contributed by atoms with Crippen molar-refractivity contribution in [3.63, 3.8) is 0 Å². The van der Waals surface area contributed by atoms with Crippen LogP contribution in [-0.4, -0.2) is 24.5 Å². The van der Waals surface area contributed by atoms with Crippen LogP contribution < -0.4 is 10.6 Å².